The maximum Gasteiger partial charge on any atom is 0.213 e. The Hall–Kier alpha value is 0.430. The van der Waals surface area contributed by atoms with E-state index in [0.717, 1.165) is 5.75 Å². The van der Waals surface area contributed by atoms with Crippen LogP contribution in [0, 0.1) is 11.0 Å². The van der Waals surface area contributed by atoms with Crippen LogP contribution in [0.4, 0.5) is 0 Å². The fraction of sp³-hybridized carbons (Fsp3) is 0.750. The van der Waals surface area contributed by atoms with Gasteiger partial charge in [0, 0.05) is 10.5 Å². The number of halogens is 1. The molecule has 12 heavy (non-hydrogen) atoms. The largest absolute Gasteiger partial charge is 0.298 e. The quantitative estimate of drug-likeness (QED) is 0.522. The van der Waals surface area contributed by atoms with Crippen LogP contribution < -0.4 is 0 Å². The summed E-state index contributed by atoms with van der Waals surface area (Å²) in [7, 11) is 0. The lowest BCUT2D eigenvalue weighted by Crippen LogP contribution is -2.11. The molecule has 0 bridgehead atoms. The van der Waals surface area contributed by atoms with Gasteiger partial charge >= 0.3 is 0 Å². The molecule has 0 aliphatic rings. The van der Waals surface area contributed by atoms with Crippen LogP contribution in [0.25, 0.3) is 0 Å². The minimum atomic E-state index is -2.48. The third-order valence-electron chi connectivity index (χ3n) is 1.38. The van der Waals surface area contributed by atoms with Crippen LogP contribution in [-0.4, -0.2) is 10.9 Å². The van der Waals surface area contributed by atoms with E-state index in [-0.39, 0.29) is 5.16 Å². The molecule has 0 aliphatic carbocycles. The topological polar surface area (TPSA) is 17.1 Å². The molecule has 0 heterocycles. The second kappa shape index (κ2) is 4.61. The molecule has 0 aromatic rings. The molecule has 0 aromatic heterocycles. The zero-order valence-electron chi connectivity index (χ0n) is 7.85. The zero-order valence-corrected chi connectivity index (χ0v) is 10.3. The van der Waals surface area contributed by atoms with Crippen molar-refractivity contribution in [3.05, 3.63) is 0 Å². The average molecular weight is 225 g/mol. The molecule has 0 rings (SSSR count). The molecular weight excluding hydrogens is 211 g/mol. The van der Waals surface area contributed by atoms with Gasteiger partial charge in [-0.1, -0.05) is 39.1 Å². The van der Waals surface area contributed by atoms with Crippen molar-refractivity contribution in [2.45, 2.75) is 32.9 Å². The minimum absolute atomic E-state index is 0.282. The van der Waals surface area contributed by atoms with Gasteiger partial charge in [0.05, 0.1) is 0 Å². The van der Waals surface area contributed by atoms with Crippen LogP contribution in [0.1, 0.15) is 27.7 Å². The van der Waals surface area contributed by atoms with Gasteiger partial charge in [0.15, 0.2) is 0 Å². The van der Waals surface area contributed by atoms with E-state index in [9.17, 15) is 4.57 Å². The highest BCUT2D eigenvalue weighted by molar-refractivity contribution is 8.60. The van der Waals surface area contributed by atoms with E-state index in [2.05, 4.69) is 11.0 Å². The fourth-order valence-corrected chi connectivity index (χ4v) is 4.98. The molecule has 0 radical (unpaired) electrons. The summed E-state index contributed by atoms with van der Waals surface area (Å²) in [5.74, 6) is 0.806. The first kappa shape index (κ1) is 12.4. The van der Waals surface area contributed by atoms with E-state index in [1.807, 2.05) is 27.7 Å². The van der Waals surface area contributed by atoms with Crippen LogP contribution in [0.15, 0.2) is 0 Å². The summed E-state index contributed by atoms with van der Waals surface area (Å²) in [6, 6.07) is 0. The maximum atomic E-state index is 12.1. The molecule has 70 valence electrons. The van der Waals surface area contributed by atoms with Gasteiger partial charge < -0.3 is 0 Å². The molecule has 0 fully saturated rings. The second-order valence-electron chi connectivity index (χ2n) is 3.35. The van der Waals surface area contributed by atoms with Gasteiger partial charge in [-0.3, -0.25) is 4.57 Å². The maximum absolute atomic E-state index is 12.1. The summed E-state index contributed by atoms with van der Waals surface area (Å²) >= 11 is 6.69. The van der Waals surface area contributed by atoms with E-state index >= 15 is 0 Å². The van der Waals surface area contributed by atoms with E-state index in [0.29, 0.717) is 0 Å². The Morgan fingerprint density at radius 2 is 2.00 bits per heavy atom. The van der Waals surface area contributed by atoms with Crippen molar-refractivity contribution < 1.29 is 4.57 Å². The highest BCUT2D eigenvalue weighted by Crippen LogP contribution is 2.66. The van der Waals surface area contributed by atoms with Gasteiger partial charge in [-0.2, -0.15) is 0 Å². The Morgan fingerprint density at radius 1 is 1.50 bits per heavy atom. The normalized spacial score (nSPS) is 16.1. The van der Waals surface area contributed by atoms with Gasteiger partial charge in [0.25, 0.3) is 0 Å². The van der Waals surface area contributed by atoms with Gasteiger partial charge in [0.2, 0.25) is 6.34 Å². The van der Waals surface area contributed by atoms with Crippen molar-refractivity contribution in [3.8, 4) is 11.0 Å². The first-order valence-corrected chi connectivity index (χ1v) is 7.42. The summed E-state index contributed by atoms with van der Waals surface area (Å²) in [5.41, 5.74) is 2.63. The Labute approximate surface area is 83.8 Å². The lowest BCUT2D eigenvalue weighted by atomic mass is 10.3. The molecule has 0 saturated heterocycles. The highest BCUT2D eigenvalue weighted by atomic mass is 35.5. The predicted octanol–water partition coefficient (Wildman–Crippen LogP) is 3.97. The van der Waals surface area contributed by atoms with E-state index in [4.69, 9.17) is 11.6 Å². The molecule has 1 nitrogen and oxygen atoms in total. The number of rotatable bonds is 2. The van der Waals surface area contributed by atoms with Crippen LogP contribution in [0.5, 0.6) is 0 Å². The molecule has 0 spiro atoms. The molecule has 1 atom stereocenters. The highest BCUT2D eigenvalue weighted by Gasteiger charge is 2.34. The fourth-order valence-electron chi connectivity index (χ4n) is 0.631. The van der Waals surface area contributed by atoms with Gasteiger partial charge in [-0.25, -0.2) is 0 Å². The first-order chi connectivity index (χ1) is 5.37. The Bertz CT molecular complexity index is 246. The van der Waals surface area contributed by atoms with Crippen molar-refractivity contribution >= 4 is 29.3 Å². The SMILES string of the molecule is CCSP(=O)(C#CCl)C(C)(C)C. The van der Waals surface area contributed by atoms with E-state index in [1.54, 1.807) is 0 Å². The summed E-state index contributed by atoms with van der Waals surface area (Å²) in [4.78, 5) is 0. The van der Waals surface area contributed by atoms with Crippen LogP contribution >= 0.6 is 29.3 Å². The van der Waals surface area contributed by atoms with Crippen LogP contribution in [-0.2, 0) is 4.57 Å². The van der Waals surface area contributed by atoms with Crippen LogP contribution in [0.3, 0.4) is 0 Å². The first-order valence-electron chi connectivity index (χ1n) is 3.75. The second-order valence-corrected chi connectivity index (χ2v) is 9.36. The van der Waals surface area contributed by atoms with Crippen molar-refractivity contribution in [2.24, 2.45) is 0 Å². The Kier molecular flexibility index (Phi) is 4.77. The molecule has 0 saturated carbocycles. The summed E-state index contributed by atoms with van der Waals surface area (Å²) in [6.07, 6.45) is -2.48. The third kappa shape index (κ3) is 3.05. The minimum Gasteiger partial charge on any atom is -0.298 e. The van der Waals surface area contributed by atoms with Gasteiger partial charge in [0.1, 0.15) is 0 Å². The summed E-state index contributed by atoms with van der Waals surface area (Å²) in [5, 5.41) is 1.96. The monoisotopic (exact) mass is 224 g/mol. The molecule has 4 heteroatoms. The van der Waals surface area contributed by atoms with E-state index < -0.39 is 6.34 Å². The van der Waals surface area contributed by atoms with Gasteiger partial charge in [-0.15, -0.1) is 0 Å². The third-order valence-corrected chi connectivity index (χ3v) is 8.19. The standard InChI is InChI=1S/C8H14ClOPS/c1-5-12-11(10,7-6-9)8(2,3)4/h5H2,1-4H3. The molecule has 0 aliphatic heterocycles. The molecule has 0 amide bonds. The smallest absolute Gasteiger partial charge is 0.213 e. The average Bonchev–Trinajstić information content (AvgIpc) is 1.86. The molecule has 0 aromatic carbocycles. The zero-order chi connectivity index (χ0) is 9.83. The van der Waals surface area contributed by atoms with Crippen LogP contribution in [0.2, 0.25) is 0 Å². The Morgan fingerprint density at radius 3 is 2.25 bits per heavy atom. The number of hydrogen-bond donors (Lipinski definition) is 0. The number of hydrogen-bond acceptors (Lipinski definition) is 2. The van der Waals surface area contributed by atoms with Crippen molar-refractivity contribution in [2.75, 3.05) is 5.75 Å². The summed E-state index contributed by atoms with van der Waals surface area (Å²) in [6.45, 7) is 7.76. The summed E-state index contributed by atoms with van der Waals surface area (Å²) < 4.78 is 12.1. The Balaban J connectivity index is 4.85. The molecule has 1 unspecified atom stereocenters. The molecular formula is C8H14ClOPS. The van der Waals surface area contributed by atoms with Crippen molar-refractivity contribution in [1.29, 1.82) is 0 Å². The lowest BCUT2D eigenvalue weighted by Gasteiger charge is -2.25. The van der Waals surface area contributed by atoms with Crippen molar-refractivity contribution in [3.63, 3.8) is 0 Å². The van der Waals surface area contributed by atoms with Crippen molar-refractivity contribution in [1.82, 2.24) is 0 Å². The predicted molar refractivity (Wildman–Crippen MR) is 59.1 cm³/mol. The van der Waals surface area contributed by atoms with Gasteiger partial charge in [-0.05, 0) is 23.0 Å². The molecule has 0 N–H and O–H groups in total. The lowest BCUT2D eigenvalue weighted by molar-refractivity contribution is 0.569. The van der Waals surface area contributed by atoms with E-state index in [1.165, 1.54) is 11.4 Å².